The van der Waals surface area contributed by atoms with Gasteiger partial charge in [-0.2, -0.15) is 25.3 Å². The molecular formula is C7H14O13S3. The first-order valence-corrected chi connectivity index (χ1v) is 9.84. The summed E-state index contributed by atoms with van der Waals surface area (Å²) in [7, 11) is -14.8. The molecular weight excluding hydrogens is 388 g/mol. The Morgan fingerprint density at radius 2 is 1.48 bits per heavy atom. The van der Waals surface area contributed by atoms with Crippen LogP contribution < -0.4 is 0 Å². The average molecular weight is 402 g/mol. The van der Waals surface area contributed by atoms with Crippen molar-refractivity contribution in [2.75, 3.05) is 6.61 Å². The summed E-state index contributed by atoms with van der Waals surface area (Å²) in [5.41, 5.74) is 0. The number of rotatable bonds is 7. The topological polar surface area (TPSA) is 200 Å². The first kappa shape index (κ1) is 20.6. The molecule has 23 heavy (non-hydrogen) atoms. The van der Waals surface area contributed by atoms with E-state index in [1.54, 1.807) is 0 Å². The molecule has 1 saturated heterocycles. The summed E-state index contributed by atoms with van der Waals surface area (Å²) < 4.78 is 108. The third-order valence-electron chi connectivity index (χ3n) is 2.61. The molecule has 0 amide bonds. The van der Waals surface area contributed by atoms with Gasteiger partial charge in [0.2, 0.25) is 0 Å². The predicted molar refractivity (Wildman–Crippen MR) is 69.3 cm³/mol. The van der Waals surface area contributed by atoms with Gasteiger partial charge >= 0.3 is 31.2 Å². The highest BCUT2D eigenvalue weighted by molar-refractivity contribution is 7.81. The lowest BCUT2D eigenvalue weighted by Crippen LogP contribution is -2.51. The highest BCUT2D eigenvalue weighted by atomic mass is 32.3. The Labute approximate surface area is 132 Å². The van der Waals surface area contributed by atoms with Crippen molar-refractivity contribution in [3.8, 4) is 0 Å². The lowest BCUT2D eigenvalue weighted by atomic mass is 9.99. The quantitative estimate of drug-likeness (QED) is 0.410. The van der Waals surface area contributed by atoms with Crippen LogP contribution in [0, 0.1) is 0 Å². The fourth-order valence-electron chi connectivity index (χ4n) is 1.93. The molecule has 0 aromatic heterocycles. The minimum Gasteiger partial charge on any atom is -0.370 e. The van der Waals surface area contributed by atoms with Gasteiger partial charge in [0, 0.05) is 6.42 Å². The van der Waals surface area contributed by atoms with Gasteiger partial charge in [-0.3, -0.25) is 13.7 Å². The molecule has 2 unspecified atom stereocenters. The van der Waals surface area contributed by atoms with Gasteiger partial charge in [-0.05, 0) is 6.92 Å². The van der Waals surface area contributed by atoms with E-state index in [9.17, 15) is 25.3 Å². The molecule has 3 N–H and O–H groups in total. The molecule has 0 radical (unpaired) electrons. The maximum atomic E-state index is 10.8. The molecule has 1 rings (SSSR count). The largest absolute Gasteiger partial charge is 0.397 e. The summed E-state index contributed by atoms with van der Waals surface area (Å²) in [6.07, 6.45) is -6.17. The maximum Gasteiger partial charge on any atom is 0.397 e. The number of ether oxygens (including phenoxy) is 1. The summed E-state index contributed by atoms with van der Waals surface area (Å²) in [5.74, 6) is 0. The fourth-order valence-corrected chi connectivity index (χ4v) is 3.32. The van der Waals surface area contributed by atoms with E-state index in [4.69, 9.17) is 18.4 Å². The van der Waals surface area contributed by atoms with E-state index in [0.29, 0.717) is 0 Å². The second-order valence-corrected chi connectivity index (χ2v) is 7.65. The minimum atomic E-state index is -5.02. The van der Waals surface area contributed by atoms with E-state index in [1.807, 2.05) is 0 Å². The predicted octanol–water partition coefficient (Wildman–Crippen LogP) is -1.64. The van der Waals surface area contributed by atoms with Crippen molar-refractivity contribution in [3.63, 3.8) is 0 Å². The van der Waals surface area contributed by atoms with Crippen LogP contribution in [-0.4, -0.2) is 69.9 Å². The molecule has 138 valence electrons. The van der Waals surface area contributed by atoms with Gasteiger partial charge in [-0.15, -0.1) is 0 Å². The summed E-state index contributed by atoms with van der Waals surface area (Å²) in [5, 5.41) is 0. The first-order chi connectivity index (χ1) is 10.2. The van der Waals surface area contributed by atoms with Crippen LogP contribution in [0.3, 0.4) is 0 Å². The van der Waals surface area contributed by atoms with E-state index >= 15 is 0 Å². The van der Waals surface area contributed by atoms with Crippen molar-refractivity contribution in [2.24, 2.45) is 0 Å². The van der Waals surface area contributed by atoms with Crippen LogP contribution in [0.1, 0.15) is 13.3 Å². The molecule has 0 bridgehead atoms. The lowest BCUT2D eigenvalue weighted by molar-refractivity contribution is -0.153. The Balaban J connectivity index is 2.93. The van der Waals surface area contributed by atoms with Crippen molar-refractivity contribution in [1.82, 2.24) is 0 Å². The molecule has 0 aliphatic carbocycles. The smallest absolute Gasteiger partial charge is 0.370 e. The van der Waals surface area contributed by atoms with Crippen molar-refractivity contribution >= 4 is 31.2 Å². The van der Waals surface area contributed by atoms with E-state index in [0.717, 1.165) is 0 Å². The highest BCUT2D eigenvalue weighted by Gasteiger charge is 2.43. The number of hydrogen-bond donors (Lipinski definition) is 3. The molecule has 0 saturated carbocycles. The van der Waals surface area contributed by atoms with E-state index < -0.39 is 68.6 Å². The van der Waals surface area contributed by atoms with Crippen LogP contribution in [-0.2, 0) is 48.5 Å². The zero-order valence-corrected chi connectivity index (χ0v) is 13.8. The Kier molecular flexibility index (Phi) is 6.47. The molecule has 13 nitrogen and oxygen atoms in total. The molecule has 4 atom stereocenters. The molecule has 0 aromatic carbocycles. The van der Waals surface area contributed by atoms with Crippen molar-refractivity contribution < 1.29 is 56.2 Å². The van der Waals surface area contributed by atoms with Crippen molar-refractivity contribution in [2.45, 2.75) is 37.8 Å². The van der Waals surface area contributed by atoms with Crippen LogP contribution in [0.25, 0.3) is 0 Å². The maximum absolute atomic E-state index is 10.8. The second kappa shape index (κ2) is 7.21. The van der Waals surface area contributed by atoms with Crippen LogP contribution in [0.4, 0.5) is 0 Å². The van der Waals surface area contributed by atoms with E-state index in [-0.39, 0.29) is 0 Å². The second-order valence-electron chi connectivity index (χ2n) is 4.46. The summed E-state index contributed by atoms with van der Waals surface area (Å²) >= 11 is 0. The lowest BCUT2D eigenvalue weighted by Gasteiger charge is -2.37. The van der Waals surface area contributed by atoms with Crippen molar-refractivity contribution in [1.29, 1.82) is 0 Å². The molecule has 1 aliphatic heterocycles. The van der Waals surface area contributed by atoms with Crippen LogP contribution in [0.5, 0.6) is 0 Å². The van der Waals surface area contributed by atoms with Gasteiger partial charge in [0.05, 0.1) is 18.8 Å². The summed E-state index contributed by atoms with van der Waals surface area (Å²) in [4.78, 5) is 0. The minimum absolute atomic E-state index is 0.500. The molecule has 1 aliphatic rings. The Morgan fingerprint density at radius 1 is 0.957 bits per heavy atom. The van der Waals surface area contributed by atoms with Gasteiger partial charge in [0.25, 0.3) is 0 Å². The zero-order chi connectivity index (χ0) is 18.1. The van der Waals surface area contributed by atoms with E-state index in [2.05, 4.69) is 12.5 Å². The Morgan fingerprint density at radius 3 is 1.91 bits per heavy atom. The normalized spacial score (nSPS) is 30.3. The summed E-state index contributed by atoms with van der Waals surface area (Å²) in [6.45, 7) is 0.461. The van der Waals surface area contributed by atoms with Gasteiger partial charge in [-0.1, -0.05) is 0 Å². The average Bonchev–Trinajstić information content (AvgIpc) is 2.27. The monoisotopic (exact) mass is 402 g/mol. The zero-order valence-electron chi connectivity index (χ0n) is 11.4. The first-order valence-electron chi connectivity index (χ1n) is 5.75. The fraction of sp³-hybridized carbons (Fsp3) is 1.00. The SMILES string of the molecule is C[C@H]1OC(COS(=O)(=O)O)C[C@@H](OS(=O)(=O)O)C1OS(=O)(=O)O. The molecule has 0 aromatic rings. The van der Waals surface area contributed by atoms with Crippen LogP contribution in [0.2, 0.25) is 0 Å². The van der Waals surface area contributed by atoms with Gasteiger partial charge in [0.1, 0.15) is 12.2 Å². The van der Waals surface area contributed by atoms with Crippen molar-refractivity contribution in [3.05, 3.63) is 0 Å². The third kappa shape index (κ3) is 8.29. The van der Waals surface area contributed by atoms with Crippen LogP contribution >= 0.6 is 0 Å². The van der Waals surface area contributed by atoms with E-state index in [1.165, 1.54) is 6.92 Å². The van der Waals surface area contributed by atoms with Gasteiger partial charge < -0.3 is 4.74 Å². The molecule has 16 heteroatoms. The highest BCUT2D eigenvalue weighted by Crippen LogP contribution is 2.27. The Hall–Kier alpha value is -0.430. The van der Waals surface area contributed by atoms with Gasteiger partial charge in [0.15, 0.2) is 0 Å². The van der Waals surface area contributed by atoms with Crippen LogP contribution in [0.15, 0.2) is 0 Å². The van der Waals surface area contributed by atoms with Gasteiger partial charge in [-0.25, -0.2) is 12.5 Å². The summed E-state index contributed by atoms with van der Waals surface area (Å²) in [6, 6.07) is 0. The third-order valence-corrected chi connectivity index (χ3v) is 4.00. The molecule has 0 spiro atoms. The number of hydrogen-bond acceptors (Lipinski definition) is 10. The Bertz CT molecular complexity index is 707. The molecule has 1 fully saturated rings. The standard InChI is InChI=1S/C7H14O13S3/c1-4-7(20-23(14,15)16)6(19-22(11,12)13)2-5(18-4)3-17-21(8,9)10/h4-7H,2-3H2,1H3,(H,8,9,10)(H,11,12,13)(H,14,15,16)/t4-,5?,6-,7?/m1/s1. The molecule has 1 heterocycles.